The lowest BCUT2D eigenvalue weighted by atomic mass is 9.79. The Balaban J connectivity index is 1.35. The van der Waals surface area contributed by atoms with Gasteiger partial charge in [-0.15, -0.1) is 11.8 Å². The van der Waals surface area contributed by atoms with Gasteiger partial charge >= 0.3 is 5.97 Å². The fourth-order valence-electron chi connectivity index (χ4n) is 5.54. The van der Waals surface area contributed by atoms with E-state index < -0.39 is 18.0 Å². The Morgan fingerprint density at radius 1 is 1.27 bits per heavy atom. The van der Waals surface area contributed by atoms with Crippen molar-refractivity contribution in [2.75, 3.05) is 13.1 Å². The molecule has 3 heterocycles. The first kappa shape index (κ1) is 21.6. The van der Waals surface area contributed by atoms with E-state index in [2.05, 4.69) is 9.89 Å². The van der Waals surface area contributed by atoms with Crippen LogP contribution in [0.1, 0.15) is 46.5 Å². The molecule has 2 saturated heterocycles. The zero-order chi connectivity index (χ0) is 21.7. The predicted octanol–water partition coefficient (Wildman–Crippen LogP) is 1.25. The van der Waals surface area contributed by atoms with Crippen LogP contribution in [-0.4, -0.2) is 80.3 Å². The van der Waals surface area contributed by atoms with Crippen LogP contribution in [0.4, 0.5) is 0 Å². The topological polar surface area (TPSA) is 119 Å². The van der Waals surface area contributed by atoms with E-state index in [0.29, 0.717) is 23.2 Å². The van der Waals surface area contributed by atoms with Crippen LogP contribution < -0.4 is 5.73 Å². The summed E-state index contributed by atoms with van der Waals surface area (Å²) in [5, 5.41) is 20.1. The molecule has 8 nitrogen and oxygen atoms in total. The summed E-state index contributed by atoms with van der Waals surface area (Å²) < 4.78 is 0. The lowest BCUT2D eigenvalue weighted by molar-refractivity contribution is -0.163. The summed E-state index contributed by atoms with van der Waals surface area (Å²) >= 11 is 1.62. The third-order valence-electron chi connectivity index (χ3n) is 7.05. The maximum atomic E-state index is 12.4. The molecular weight excluding hydrogens is 404 g/mol. The number of aliphatic imine (C=N–C) groups is 1. The van der Waals surface area contributed by atoms with Gasteiger partial charge in [0, 0.05) is 35.2 Å². The number of thioether (sulfide) groups is 1. The first-order valence-electron chi connectivity index (χ1n) is 10.9. The number of carboxylic acids is 1. The predicted molar refractivity (Wildman–Crippen MR) is 116 cm³/mol. The van der Waals surface area contributed by atoms with Crippen molar-refractivity contribution in [3.8, 4) is 0 Å². The molecule has 4 atom stereocenters. The van der Waals surface area contributed by atoms with Crippen molar-refractivity contribution in [1.29, 1.82) is 0 Å². The quantitative estimate of drug-likeness (QED) is 0.326. The summed E-state index contributed by atoms with van der Waals surface area (Å²) in [5.41, 5.74) is 5.84. The Morgan fingerprint density at radius 3 is 2.43 bits per heavy atom. The van der Waals surface area contributed by atoms with Crippen LogP contribution in [0, 0.1) is 11.8 Å². The molecule has 3 fully saturated rings. The molecule has 4 aliphatic rings. The number of nitrogens with zero attached hydrogens (tertiary/aromatic N) is 3. The molecule has 166 valence electrons. The average Bonchev–Trinajstić information content (AvgIpc) is 2.87. The number of likely N-dealkylation sites (tertiary alicyclic amines) is 1. The van der Waals surface area contributed by atoms with E-state index in [4.69, 9.17) is 5.73 Å². The smallest absolute Gasteiger partial charge is 0.353 e. The minimum atomic E-state index is -1.05. The van der Waals surface area contributed by atoms with Crippen LogP contribution in [-0.2, 0) is 9.59 Å². The second kappa shape index (κ2) is 8.16. The summed E-state index contributed by atoms with van der Waals surface area (Å²) in [6, 6.07) is 0.690. The van der Waals surface area contributed by atoms with E-state index in [1.165, 1.54) is 4.90 Å². The zero-order valence-electron chi connectivity index (χ0n) is 17.8. The van der Waals surface area contributed by atoms with Crippen molar-refractivity contribution in [3.63, 3.8) is 0 Å². The molecular formula is C21H32N4O4S. The van der Waals surface area contributed by atoms with Crippen LogP contribution in [0.3, 0.4) is 0 Å². The Hall–Kier alpha value is -1.58. The van der Waals surface area contributed by atoms with Gasteiger partial charge in [0.1, 0.15) is 5.70 Å². The highest BCUT2D eigenvalue weighted by Crippen LogP contribution is 2.52. The molecule has 0 aromatic heterocycles. The molecule has 0 spiro atoms. The van der Waals surface area contributed by atoms with Gasteiger partial charge in [-0.05, 0) is 39.5 Å². The number of carbonyl (C=O) groups is 2. The summed E-state index contributed by atoms with van der Waals surface area (Å²) in [5.74, 6) is -1.21. The molecule has 0 aromatic rings. The number of nitrogens with two attached hydrogens (primary N) is 1. The van der Waals surface area contributed by atoms with E-state index in [-0.39, 0.29) is 23.6 Å². The highest BCUT2D eigenvalue weighted by molar-refractivity contribution is 8.03. The number of hydrogen-bond donors (Lipinski definition) is 3. The van der Waals surface area contributed by atoms with Crippen LogP contribution in [0.25, 0.3) is 0 Å². The Kier molecular flexibility index (Phi) is 5.89. The van der Waals surface area contributed by atoms with Crippen molar-refractivity contribution >= 4 is 29.5 Å². The van der Waals surface area contributed by atoms with E-state index in [9.17, 15) is 19.8 Å². The molecule has 4 rings (SSSR count). The monoisotopic (exact) mass is 436 g/mol. The summed E-state index contributed by atoms with van der Waals surface area (Å²) in [7, 11) is 0. The minimum Gasteiger partial charge on any atom is -0.477 e. The molecule has 30 heavy (non-hydrogen) atoms. The van der Waals surface area contributed by atoms with Crippen LogP contribution in [0.5, 0.6) is 0 Å². The highest BCUT2D eigenvalue weighted by atomic mass is 32.2. The van der Waals surface area contributed by atoms with Gasteiger partial charge in [-0.3, -0.25) is 14.7 Å². The number of amides is 1. The third kappa shape index (κ3) is 3.65. The van der Waals surface area contributed by atoms with Gasteiger partial charge in [0.25, 0.3) is 0 Å². The maximum Gasteiger partial charge on any atom is 0.353 e. The normalized spacial score (nSPS) is 36.4. The summed E-state index contributed by atoms with van der Waals surface area (Å²) in [6.07, 6.45) is 3.62. The van der Waals surface area contributed by atoms with Gasteiger partial charge in [0.05, 0.1) is 29.9 Å². The average molecular weight is 437 g/mol. The molecule has 1 aliphatic carbocycles. The standard InChI is InChI=1S/C21H32N4O4S/c1-10-17-16(11(2)26)20(27)25(17)18(21(28)29)19(10)30-15-8-24(9-15)14-6-4-13(5-7-14)23-12(3)22/h10-11,13-17,26H,4-9H2,1-3H3,(H2,22,23)(H,28,29)/t10-,11-,13?,14?,16-,17-/m1/s1. The number of fused-ring (bicyclic) bond motifs is 1. The number of amidine groups is 1. The van der Waals surface area contributed by atoms with Gasteiger partial charge in [-0.25, -0.2) is 4.79 Å². The molecule has 1 saturated carbocycles. The SMILES string of the molecule is CC(N)=NC1CCC(N2CC(SC3=C(C(=O)O)N4C(=O)[C@H]([C@@H](C)O)[C@H]4[C@H]3C)C2)CC1. The lowest BCUT2D eigenvalue weighted by Crippen LogP contribution is -2.63. The first-order valence-corrected chi connectivity index (χ1v) is 11.8. The van der Waals surface area contributed by atoms with Crippen LogP contribution in [0.15, 0.2) is 15.6 Å². The minimum absolute atomic E-state index is 0.0553. The number of aliphatic hydroxyl groups excluding tert-OH is 1. The number of rotatable bonds is 6. The molecule has 0 unspecified atom stereocenters. The lowest BCUT2D eigenvalue weighted by Gasteiger charge is -2.47. The summed E-state index contributed by atoms with van der Waals surface area (Å²) in [6.45, 7) is 7.32. The van der Waals surface area contributed by atoms with E-state index in [1.54, 1.807) is 18.7 Å². The van der Waals surface area contributed by atoms with E-state index in [0.717, 1.165) is 43.7 Å². The maximum absolute atomic E-state index is 12.4. The number of hydrogen-bond acceptors (Lipinski definition) is 6. The van der Waals surface area contributed by atoms with Crippen molar-refractivity contribution in [2.24, 2.45) is 22.6 Å². The number of carboxylic acid groups (broad SMARTS) is 1. The van der Waals surface area contributed by atoms with Gasteiger partial charge in [-0.2, -0.15) is 0 Å². The number of β-lactam (4-membered cyclic amide) rings is 1. The molecule has 9 heteroatoms. The van der Waals surface area contributed by atoms with Crippen molar-refractivity contribution in [3.05, 3.63) is 10.6 Å². The zero-order valence-corrected chi connectivity index (χ0v) is 18.6. The summed E-state index contributed by atoms with van der Waals surface area (Å²) in [4.78, 5) is 33.6. The van der Waals surface area contributed by atoms with Gasteiger partial charge in [0.2, 0.25) is 5.91 Å². The Bertz CT molecular complexity index is 780. The van der Waals surface area contributed by atoms with Crippen molar-refractivity contribution in [2.45, 2.75) is 75.9 Å². The third-order valence-corrected chi connectivity index (χ3v) is 8.50. The first-order chi connectivity index (χ1) is 14.2. The fourth-order valence-corrected chi connectivity index (χ4v) is 7.08. The highest BCUT2D eigenvalue weighted by Gasteiger charge is 2.60. The van der Waals surface area contributed by atoms with Crippen molar-refractivity contribution in [1.82, 2.24) is 9.80 Å². The van der Waals surface area contributed by atoms with Gasteiger partial charge in [0.15, 0.2) is 0 Å². The van der Waals surface area contributed by atoms with Crippen LogP contribution >= 0.6 is 11.8 Å². The van der Waals surface area contributed by atoms with Gasteiger partial charge < -0.3 is 20.8 Å². The Morgan fingerprint density at radius 2 is 1.90 bits per heavy atom. The molecule has 0 bridgehead atoms. The second-order valence-corrected chi connectivity index (χ2v) is 10.5. The largest absolute Gasteiger partial charge is 0.477 e. The molecule has 0 radical (unpaired) electrons. The fraction of sp³-hybridized carbons (Fsp3) is 0.762. The van der Waals surface area contributed by atoms with E-state index in [1.807, 2.05) is 13.8 Å². The van der Waals surface area contributed by atoms with E-state index >= 15 is 0 Å². The molecule has 3 aliphatic heterocycles. The molecule has 1 amide bonds. The number of aliphatic carboxylic acids is 1. The Labute approximate surface area is 181 Å². The second-order valence-electron chi connectivity index (χ2n) is 9.20. The number of aliphatic hydroxyl groups is 1. The number of carbonyl (C=O) groups excluding carboxylic acids is 1. The van der Waals surface area contributed by atoms with Crippen LogP contribution in [0.2, 0.25) is 0 Å². The van der Waals surface area contributed by atoms with Crippen molar-refractivity contribution < 1.29 is 19.8 Å². The van der Waals surface area contributed by atoms with Gasteiger partial charge in [-0.1, -0.05) is 6.92 Å². The molecule has 4 N–H and O–H groups in total. The molecule has 0 aromatic carbocycles.